The maximum absolute atomic E-state index is 11.9. The van der Waals surface area contributed by atoms with E-state index in [0.717, 1.165) is 13.8 Å². The van der Waals surface area contributed by atoms with Gasteiger partial charge >= 0.3 is 5.97 Å². The number of halogens is 2. The Morgan fingerprint density at radius 2 is 1.89 bits per heavy atom. The van der Waals surface area contributed by atoms with Gasteiger partial charge in [-0.15, -0.1) is 0 Å². The average Bonchev–Trinajstić information content (AvgIpc) is 1.84. The van der Waals surface area contributed by atoms with Crippen molar-refractivity contribution in [3.05, 3.63) is 11.4 Å². The van der Waals surface area contributed by atoms with Crippen molar-refractivity contribution in [1.29, 1.82) is 0 Å². The summed E-state index contributed by atoms with van der Waals surface area (Å²) in [6.07, 6.45) is 0. The molecule has 2 nitrogen and oxygen atoms in total. The minimum atomic E-state index is -1.28. The van der Waals surface area contributed by atoms with Gasteiger partial charge in [-0.1, -0.05) is 0 Å². The summed E-state index contributed by atoms with van der Waals surface area (Å²) in [4.78, 5) is 12.8. The SMILES string of the molecule is CC(F)=C(C)C(=O)OF. The van der Waals surface area contributed by atoms with Crippen LogP contribution >= 0.6 is 0 Å². The zero-order valence-corrected chi connectivity index (χ0v) is 5.07. The van der Waals surface area contributed by atoms with E-state index in [1.54, 1.807) is 0 Å². The standard InChI is InChI=1S/C5H6F2O2/c1-3(4(2)6)5(8)9-7/h1-2H3. The maximum atomic E-state index is 11.9. The molecule has 0 aromatic carbocycles. The molecule has 0 aromatic heterocycles. The lowest BCUT2D eigenvalue weighted by molar-refractivity contribution is -0.178. The van der Waals surface area contributed by atoms with Crippen LogP contribution in [0.1, 0.15) is 13.8 Å². The normalized spacial score (nSPS) is 12.4. The molecule has 0 atom stereocenters. The molecule has 4 heteroatoms. The molecule has 52 valence electrons. The number of carbonyl (C=O) groups excluding carboxylic acids is 1. The Kier molecular flexibility index (Phi) is 2.84. The van der Waals surface area contributed by atoms with E-state index < -0.39 is 11.8 Å². The van der Waals surface area contributed by atoms with E-state index >= 15 is 0 Å². The third-order valence-corrected chi connectivity index (χ3v) is 0.893. The summed E-state index contributed by atoms with van der Waals surface area (Å²) in [6.45, 7) is 2.18. The first kappa shape index (κ1) is 8.07. The lowest BCUT2D eigenvalue weighted by Gasteiger charge is -1.91. The molecule has 0 rings (SSSR count). The van der Waals surface area contributed by atoms with Crippen LogP contribution in [-0.4, -0.2) is 5.97 Å². The summed E-state index contributed by atoms with van der Waals surface area (Å²) in [5.41, 5.74) is -0.350. The van der Waals surface area contributed by atoms with Crippen LogP contribution in [0.2, 0.25) is 0 Å². The van der Waals surface area contributed by atoms with Crippen molar-refractivity contribution in [3.8, 4) is 0 Å². The van der Waals surface area contributed by atoms with Gasteiger partial charge in [0.05, 0.1) is 5.57 Å². The van der Waals surface area contributed by atoms with Crippen molar-refractivity contribution in [3.63, 3.8) is 0 Å². The minimum absolute atomic E-state index is 0.350. The van der Waals surface area contributed by atoms with Gasteiger partial charge in [-0.2, -0.15) is 0 Å². The van der Waals surface area contributed by atoms with Crippen LogP contribution in [-0.2, 0) is 9.74 Å². The van der Waals surface area contributed by atoms with Gasteiger partial charge in [0.25, 0.3) is 0 Å². The van der Waals surface area contributed by atoms with E-state index in [1.807, 2.05) is 0 Å². The minimum Gasteiger partial charge on any atom is -0.250 e. The molecule has 0 aliphatic heterocycles. The van der Waals surface area contributed by atoms with E-state index in [4.69, 9.17) is 0 Å². The number of hydrogen-bond donors (Lipinski definition) is 0. The van der Waals surface area contributed by atoms with Crippen molar-refractivity contribution >= 4 is 5.97 Å². The van der Waals surface area contributed by atoms with Gasteiger partial charge in [-0.3, -0.25) is 0 Å². The Morgan fingerprint density at radius 1 is 1.44 bits per heavy atom. The molecule has 0 heterocycles. The second-order valence-electron chi connectivity index (χ2n) is 1.52. The Hall–Kier alpha value is -0.930. The second kappa shape index (κ2) is 3.17. The Labute approximate surface area is 51.0 Å². The molecule has 0 saturated carbocycles. The van der Waals surface area contributed by atoms with E-state index in [-0.39, 0.29) is 5.57 Å². The zero-order chi connectivity index (χ0) is 7.44. The first-order valence-electron chi connectivity index (χ1n) is 2.25. The molecule has 0 radical (unpaired) electrons. The van der Waals surface area contributed by atoms with E-state index in [1.165, 1.54) is 0 Å². The molecule has 0 aromatic rings. The molecule has 0 aliphatic rings. The van der Waals surface area contributed by atoms with Crippen LogP contribution in [0, 0.1) is 0 Å². The fourth-order valence-electron chi connectivity index (χ4n) is 0.199. The predicted octanol–water partition coefficient (Wildman–Crippen LogP) is 1.68. The van der Waals surface area contributed by atoms with Crippen molar-refractivity contribution < 1.29 is 18.7 Å². The average molecular weight is 136 g/mol. The molecule has 0 unspecified atom stereocenters. The molecular formula is C5H6F2O2. The van der Waals surface area contributed by atoms with Crippen molar-refractivity contribution in [2.75, 3.05) is 0 Å². The first-order valence-corrected chi connectivity index (χ1v) is 2.25. The van der Waals surface area contributed by atoms with Gasteiger partial charge in [-0.05, 0) is 13.8 Å². The molecule has 0 fully saturated rings. The van der Waals surface area contributed by atoms with Gasteiger partial charge in [0.1, 0.15) is 5.83 Å². The monoisotopic (exact) mass is 136 g/mol. The third kappa shape index (κ3) is 2.21. The summed E-state index contributed by atoms with van der Waals surface area (Å²) in [7, 11) is 0. The van der Waals surface area contributed by atoms with Crippen molar-refractivity contribution in [1.82, 2.24) is 0 Å². The van der Waals surface area contributed by atoms with E-state index in [0.29, 0.717) is 0 Å². The number of carbonyl (C=O) groups is 1. The fraction of sp³-hybridized carbons (Fsp3) is 0.400. The topological polar surface area (TPSA) is 26.3 Å². The maximum Gasteiger partial charge on any atom is 0.377 e. The highest BCUT2D eigenvalue weighted by Crippen LogP contribution is 2.05. The van der Waals surface area contributed by atoms with Crippen LogP contribution in [0.15, 0.2) is 11.4 Å². The van der Waals surface area contributed by atoms with Gasteiger partial charge < -0.3 is 0 Å². The summed E-state index contributed by atoms with van der Waals surface area (Å²) in [5.74, 6) is -2.02. The summed E-state index contributed by atoms with van der Waals surface area (Å²) >= 11 is 0. The molecular weight excluding hydrogens is 130 g/mol. The fourth-order valence-corrected chi connectivity index (χ4v) is 0.199. The van der Waals surface area contributed by atoms with Crippen LogP contribution in [0.25, 0.3) is 0 Å². The second-order valence-corrected chi connectivity index (χ2v) is 1.52. The smallest absolute Gasteiger partial charge is 0.250 e. The first-order chi connectivity index (χ1) is 4.09. The summed E-state index contributed by atoms with van der Waals surface area (Å²) in [5, 5.41) is 0. The highest BCUT2D eigenvalue weighted by Gasteiger charge is 2.08. The highest BCUT2D eigenvalue weighted by atomic mass is 19.3. The number of rotatable bonds is 1. The zero-order valence-electron chi connectivity index (χ0n) is 5.07. The van der Waals surface area contributed by atoms with Crippen LogP contribution < -0.4 is 0 Å². The summed E-state index contributed by atoms with van der Waals surface area (Å²) < 4.78 is 22.9. The van der Waals surface area contributed by atoms with Gasteiger partial charge in [0.15, 0.2) is 0 Å². The third-order valence-electron chi connectivity index (χ3n) is 0.893. The predicted molar refractivity (Wildman–Crippen MR) is 26.7 cm³/mol. The highest BCUT2D eigenvalue weighted by molar-refractivity contribution is 5.87. The molecule has 0 bridgehead atoms. The molecule has 9 heavy (non-hydrogen) atoms. The molecule has 0 N–H and O–H groups in total. The molecule has 0 aliphatic carbocycles. The Balaban J connectivity index is 4.21. The van der Waals surface area contributed by atoms with Gasteiger partial charge in [-0.25, -0.2) is 14.1 Å². The van der Waals surface area contributed by atoms with E-state index in [9.17, 15) is 13.7 Å². The van der Waals surface area contributed by atoms with E-state index in [2.05, 4.69) is 4.94 Å². The van der Waals surface area contributed by atoms with Crippen molar-refractivity contribution in [2.24, 2.45) is 0 Å². The number of allylic oxidation sites excluding steroid dienone is 1. The van der Waals surface area contributed by atoms with Gasteiger partial charge in [0.2, 0.25) is 0 Å². The molecule has 0 amide bonds. The molecule has 0 spiro atoms. The number of hydrogen-bond acceptors (Lipinski definition) is 2. The largest absolute Gasteiger partial charge is 0.377 e. The van der Waals surface area contributed by atoms with Crippen LogP contribution in [0.4, 0.5) is 8.92 Å². The van der Waals surface area contributed by atoms with Crippen LogP contribution in [0.5, 0.6) is 0 Å². The Bertz CT molecular complexity index is 147. The summed E-state index contributed by atoms with van der Waals surface area (Å²) in [6, 6.07) is 0. The van der Waals surface area contributed by atoms with Crippen LogP contribution in [0.3, 0.4) is 0 Å². The Morgan fingerprint density at radius 3 is 2.00 bits per heavy atom. The lowest BCUT2D eigenvalue weighted by Crippen LogP contribution is -1.99. The van der Waals surface area contributed by atoms with Crippen molar-refractivity contribution in [2.45, 2.75) is 13.8 Å². The molecule has 0 saturated heterocycles. The van der Waals surface area contributed by atoms with Gasteiger partial charge in [0, 0.05) is 4.53 Å². The lowest BCUT2D eigenvalue weighted by atomic mass is 10.3. The quantitative estimate of drug-likeness (QED) is 0.512.